The van der Waals surface area contributed by atoms with Crippen molar-refractivity contribution in [1.29, 1.82) is 0 Å². The molecule has 1 rings (SSSR count). The number of hydrogen-bond acceptors (Lipinski definition) is 2. The molecule has 0 bridgehead atoms. The Morgan fingerprint density at radius 1 is 1.33 bits per heavy atom. The largest absolute Gasteiger partial charge is 0.481 e. The molecule has 2 N–H and O–H groups in total. The first-order chi connectivity index (χ1) is 9.60. The minimum atomic E-state index is -0.905. The Morgan fingerprint density at radius 3 is 2.33 bits per heavy atom. The van der Waals surface area contributed by atoms with Gasteiger partial charge in [0.15, 0.2) is 0 Å². The van der Waals surface area contributed by atoms with Crippen LogP contribution in [0.2, 0.25) is 0 Å². The number of rotatable bonds is 4. The summed E-state index contributed by atoms with van der Waals surface area (Å²) in [4.78, 5) is 25.1. The van der Waals surface area contributed by atoms with Crippen LogP contribution in [-0.4, -0.2) is 41.6 Å². The van der Waals surface area contributed by atoms with Crippen molar-refractivity contribution in [3.63, 3.8) is 0 Å². The zero-order valence-electron chi connectivity index (χ0n) is 13.8. The van der Waals surface area contributed by atoms with E-state index in [1.54, 1.807) is 11.8 Å². The average molecular weight is 296 g/mol. The van der Waals surface area contributed by atoms with Gasteiger partial charge in [-0.1, -0.05) is 39.3 Å². The van der Waals surface area contributed by atoms with Gasteiger partial charge in [-0.05, 0) is 25.2 Å². The number of amides is 2. The van der Waals surface area contributed by atoms with Crippen LogP contribution in [0.4, 0.5) is 4.79 Å². The summed E-state index contributed by atoms with van der Waals surface area (Å²) < 4.78 is 0. The molecule has 0 saturated carbocycles. The summed E-state index contributed by atoms with van der Waals surface area (Å²) in [7, 11) is 0. The normalized spacial score (nSPS) is 18.7. The maximum absolute atomic E-state index is 12.1. The summed E-state index contributed by atoms with van der Waals surface area (Å²) in [6.45, 7) is 11.4. The molecule has 0 spiro atoms. The highest BCUT2D eigenvalue weighted by Gasteiger charge is 2.32. The van der Waals surface area contributed by atoms with Gasteiger partial charge in [-0.3, -0.25) is 4.79 Å². The lowest BCUT2D eigenvalue weighted by molar-refractivity contribution is -0.147. The van der Waals surface area contributed by atoms with Gasteiger partial charge in [0.25, 0.3) is 0 Å². The molecule has 120 valence electrons. The van der Waals surface area contributed by atoms with Crippen molar-refractivity contribution in [1.82, 2.24) is 10.2 Å². The molecule has 1 atom stereocenters. The van der Waals surface area contributed by atoms with Crippen molar-refractivity contribution in [3.8, 4) is 0 Å². The second-order valence-electron chi connectivity index (χ2n) is 7.05. The van der Waals surface area contributed by atoms with Crippen LogP contribution in [0, 0.1) is 10.8 Å². The molecule has 5 nitrogen and oxygen atoms in total. The fourth-order valence-corrected chi connectivity index (χ4v) is 2.27. The summed E-state index contributed by atoms with van der Waals surface area (Å²) >= 11 is 0. The van der Waals surface area contributed by atoms with E-state index in [0.717, 1.165) is 6.42 Å². The maximum Gasteiger partial charge on any atom is 0.317 e. The highest BCUT2D eigenvalue weighted by molar-refractivity contribution is 5.78. The molecule has 1 unspecified atom stereocenters. The lowest BCUT2D eigenvalue weighted by atomic mass is 9.83. The molecule has 0 fully saturated rings. The van der Waals surface area contributed by atoms with Crippen molar-refractivity contribution in [2.75, 3.05) is 19.6 Å². The van der Waals surface area contributed by atoms with E-state index in [1.807, 2.05) is 6.92 Å². The zero-order valence-corrected chi connectivity index (χ0v) is 13.8. The van der Waals surface area contributed by atoms with Gasteiger partial charge < -0.3 is 15.3 Å². The minimum Gasteiger partial charge on any atom is -0.481 e. The quantitative estimate of drug-likeness (QED) is 0.784. The standard InChI is InChI=1S/C16H28N2O3/c1-6-16(5,13(19)20)11-17-14(21)18-9-7-12(8-10-18)15(2,3)4/h7H,6,8-11H2,1-5H3,(H,17,21)(H,19,20). The van der Waals surface area contributed by atoms with Gasteiger partial charge in [-0.2, -0.15) is 0 Å². The molecule has 1 heterocycles. The van der Waals surface area contributed by atoms with E-state index in [9.17, 15) is 14.7 Å². The van der Waals surface area contributed by atoms with Crippen molar-refractivity contribution in [2.45, 2.75) is 47.5 Å². The molecule has 2 amide bonds. The van der Waals surface area contributed by atoms with Crippen LogP contribution < -0.4 is 5.32 Å². The number of hydrogen-bond donors (Lipinski definition) is 2. The predicted octanol–water partition coefficient (Wildman–Crippen LogP) is 2.88. The number of aliphatic carboxylic acids is 1. The Morgan fingerprint density at radius 2 is 1.95 bits per heavy atom. The van der Waals surface area contributed by atoms with Gasteiger partial charge in [0.2, 0.25) is 0 Å². The number of carboxylic acids is 1. The first-order valence-corrected chi connectivity index (χ1v) is 7.56. The highest BCUT2D eigenvalue weighted by Crippen LogP contribution is 2.30. The van der Waals surface area contributed by atoms with E-state index in [1.165, 1.54) is 5.57 Å². The second kappa shape index (κ2) is 6.50. The fraction of sp³-hybridized carbons (Fsp3) is 0.750. The summed E-state index contributed by atoms with van der Waals surface area (Å²) in [5.74, 6) is -0.876. The van der Waals surface area contributed by atoms with Crippen LogP contribution in [0.15, 0.2) is 11.6 Å². The van der Waals surface area contributed by atoms with Crippen LogP contribution in [-0.2, 0) is 4.79 Å². The van der Waals surface area contributed by atoms with Gasteiger partial charge in [-0.25, -0.2) is 4.79 Å². The lowest BCUT2D eigenvalue weighted by Gasteiger charge is -2.33. The third-order valence-corrected chi connectivity index (χ3v) is 4.39. The summed E-state index contributed by atoms with van der Waals surface area (Å²) in [5.41, 5.74) is 0.611. The number of carbonyl (C=O) groups is 2. The highest BCUT2D eigenvalue weighted by atomic mass is 16.4. The van der Waals surface area contributed by atoms with E-state index >= 15 is 0 Å². The topological polar surface area (TPSA) is 69.6 Å². The SMILES string of the molecule is CCC(C)(CNC(=O)N1CC=C(C(C)(C)C)CC1)C(=O)O. The maximum atomic E-state index is 12.1. The molecule has 0 aromatic carbocycles. The average Bonchev–Trinajstić information content (AvgIpc) is 2.43. The molecule has 21 heavy (non-hydrogen) atoms. The van der Waals surface area contributed by atoms with E-state index in [0.29, 0.717) is 19.5 Å². The molecule has 0 saturated heterocycles. The van der Waals surface area contributed by atoms with Crippen LogP contribution in [0.25, 0.3) is 0 Å². The molecule has 1 aliphatic rings. The van der Waals surface area contributed by atoms with Gasteiger partial charge in [0, 0.05) is 19.6 Å². The molecule has 0 aromatic rings. The fourth-order valence-electron chi connectivity index (χ4n) is 2.27. The number of carbonyl (C=O) groups excluding carboxylic acids is 1. The van der Waals surface area contributed by atoms with Crippen molar-refractivity contribution >= 4 is 12.0 Å². The van der Waals surface area contributed by atoms with Gasteiger partial charge >= 0.3 is 12.0 Å². The molecule has 0 aromatic heterocycles. The lowest BCUT2D eigenvalue weighted by Crippen LogP contribution is -2.47. The van der Waals surface area contributed by atoms with E-state index in [2.05, 4.69) is 32.2 Å². The Kier molecular flexibility index (Phi) is 5.42. The third kappa shape index (κ3) is 4.48. The van der Waals surface area contributed by atoms with Crippen LogP contribution in [0.1, 0.15) is 47.5 Å². The van der Waals surface area contributed by atoms with E-state index < -0.39 is 11.4 Å². The Bertz CT molecular complexity index is 437. The Balaban J connectivity index is 2.56. The Labute approximate surface area is 127 Å². The number of nitrogens with zero attached hydrogens (tertiary/aromatic N) is 1. The summed E-state index contributed by atoms with van der Waals surface area (Å²) in [6, 6.07) is -0.180. The smallest absolute Gasteiger partial charge is 0.317 e. The molecule has 5 heteroatoms. The number of nitrogens with one attached hydrogen (secondary N) is 1. The van der Waals surface area contributed by atoms with Gasteiger partial charge in [-0.15, -0.1) is 0 Å². The minimum absolute atomic E-state index is 0.145. The Hall–Kier alpha value is -1.52. The van der Waals surface area contributed by atoms with Gasteiger partial charge in [0.1, 0.15) is 0 Å². The molecular formula is C16H28N2O3. The van der Waals surface area contributed by atoms with Crippen molar-refractivity contribution in [3.05, 3.63) is 11.6 Å². The predicted molar refractivity (Wildman–Crippen MR) is 83.2 cm³/mol. The van der Waals surface area contributed by atoms with Crippen molar-refractivity contribution < 1.29 is 14.7 Å². The van der Waals surface area contributed by atoms with Gasteiger partial charge in [0.05, 0.1) is 5.41 Å². The molecule has 1 aliphatic heterocycles. The first kappa shape index (κ1) is 17.5. The molecule has 0 radical (unpaired) electrons. The monoisotopic (exact) mass is 296 g/mol. The molecule has 0 aliphatic carbocycles. The third-order valence-electron chi connectivity index (χ3n) is 4.39. The van der Waals surface area contributed by atoms with E-state index in [4.69, 9.17) is 0 Å². The van der Waals surface area contributed by atoms with Crippen LogP contribution in [0.5, 0.6) is 0 Å². The van der Waals surface area contributed by atoms with Crippen LogP contribution in [0.3, 0.4) is 0 Å². The summed E-state index contributed by atoms with van der Waals surface area (Å²) in [5, 5.41) is 12.0. The van der Waals surface area contributed by atoms with Crippen LogP contribution >= 0.6 is 0 Å². The van der Waals surface area contributed by atoms with E-state index in [-0.39, 0.29) is 18.0 Å². The number of carboxylic acid groups (broad SMARTS) is 1. The summed E-state index contributed by atoms with van der Waals surface area (Å²) in [6.07, 6.45) is 3.47. The first-order valence-electron chi connectivity index (χ1n) is 7.56. The number of urea groups is 1. The second-order valence-corrected chi connectivity index (χ2v) is 7.05. The zero-order chi connectivity index (χ0) is 16.3. The van der Waals surface area contributed by atoms with Crippen molar-refractivity contribution in [2.24, 2.45) is 10.8 Å². The molecular weight excluding hydrogens is 268 g/mol.